The first-order chi connectivity index (χ1) is 9.52. The van der Waals surface area contributed by atoms with Crippen LogP contribution in [0.3, 0.4) is 0 Å². The van der Waals surface area contributed by atoms with Crippen LogP contribution in [0.4, 0.5) is 0 Å². The minimum Gasteiger partial charge on any atom is -0.466 e. The molecule has 3 rings (SSSR count). The van der Waals surface area contributed by atoms with E-state index in [1.165, 1.54) is 0 Å². The Balaban J connectivity index is 1.81. The molecule has 0 aromatic carbocycles. The summed E-state index contributed by atoms with van der Waals surface area (Å²) in [5, 5.41) is 10.8. The summed E-state index contributed by atoms with van der Waals surface area (Å²) in [5.41, 5.74) is 1.89. The molecule has 1 N–H and O–H groups in total. The van der Waals surface area contributed by atoms with Gasteiger partial charge in [-0.3, -0.25) is 0 Å². The molecule has 3 unspecified atom stereocenters. The van der Waals surface area contributed by atoms with Gasteiger partial charge < -0.3 is 19.0 Å². The van der Waals surface area contributed by atoms with Crippen molar-refractivity contribution in [2.75, 3.05) is 19.8 Å². The first kappa shape index (κ1) is 14.1. The van der Waals surface area contributed by atoms with Crippen LogP contribution in [0.15, 0.2) is 4.42 Å². The summed E-state index contributed by atoms with van der Waals surface area (Å²) in [6, 6.07) is 0. The van der Waals surface area contributed by atoms with Gasteiger partial charge in [0.2, 0.25) is 0 Å². The van der Waals surface area contributed by atoms with Gasteiger partial charge in [-0.25, -0.2) is 0 Å². The van der Waals surface area contributed by atoms with Crippen LogP contribution in [0.25, 0.3) is 0 Å². The van der Waals surface area contributed by atoms with E-state index < -0.39 is 6.10 Å². The molecule has 2 fully saturated rings. The largest absolute Gasteiger partial charge is 0.466 e. The third-order valence-corrected chi connectivity index (χ3v) is 4.96. The highest BCUT2D eigenvalue weighted by Crippen LogP contribution is 2.42. The number of aliphatic hydroxyl groups excluding tert-OH is 1. The van der Waals surface area contributed by atoms with Crippen LogP contribution in [0, 0.1) is 26.7 Å². The van der Waals surface area contributed by atoms with Crippen LogP contribution in [0.2, 0.25) is 0 Å². The number of rotatable bonds is 2. The molecule has 2 aliphatic rings. The second kappa shape index (κ2) is 5.17. The molecule has 112 valence electrons. The van der Waals surface area contributed by atoms with Gasteiger partial charge in [0.15, 0.2) is 0 Å². The Kier molecular flexibility index (Phi) is 3.65. The maximum Gasteiger partial charge on any atom is 0.107 e. The molecule has 4 nitrogen and oxygen atoms in total. The third-order valence-electron chi connectivity index (χ3n) is 4.96. The van der Waals surface area contributed by atoms with Gasteiger partial charge in [-0.15, -0.1) is 0 Å². The molecule has 1 aromatic heterocycles. The molecule has 20 heavy (non-hydrogen) atoms. The van der Waals surface area contributed by atoms with Crippen molar-refractivity contribution >= 4 is 0 Å². The van der Waals surface area contributed by atoms with Crippen molar-refractivity contribution in [2.45, 2.75) is 51.7 Å². The zero-order valence-electron chi connectivity index (χ0n) is 12.6. The maximum absolute atomic E-state index is 10.8. The minimum atomic E-state index is -0.464. The molecule has 3 atom stereocenters. The van der Waals surface area contributed by atoms with Gasteiger partial charge in [-0.1, -0.05) is 0 Å². The second-order valence-electron chi connectivity index (χ2n) is 6.28. The number of aliphatic hydroxyl groups is 1. The van der Waals surface area contributed by atoms with Gasteiger partial charge in [0.1, 0.15) is 11.5 Å². The van der Waals surface area contributed by atoms with E-state index in [9.17, 15) is 5.11 Å². The molecule has 2 saturated heterocycles. The van der Waals surface area contributed by atoms with E-state index in [0.717, 1.165) is 48.5 Å². The van der Waals surface area contributed by atoms with E-state index in [1.807, 2.05) is 20.8 Å². The zero-order valence-corrected chi connectivity index (χ0v) is 12.6. The van der Waals surface area contributed by atoms with Crippen molar-refractivity contribution in [3.05, 3.63) is 22.6 Å². The molecular formula is C16H24O4. The van der Waals surface area contributed by atoms with Crippen LogP contribution in [-0.4, -0.2) is 30.5 Å². The van der Waals surface area contributed by atoms with Gasteiger partial charge in [0.05, 0.1) is 18.3 Å². The summed E-state index contributed by atoms with van der Waals surface area (Å²) >= 11 is 0. The van der Waals surface area contributed by atoms with E-state index in [4.69, 9.17) is 13.9 Å². The lowest BCUT2D eigenvalue weighted by atomic mass is 9.79. The van der Waals surface area contributed by atoms with Crippen LogP contribution >= 0.6 is 0 Å². The van der Waals surface area contributed by atoms with Gasteiger partial charge in [-0.05, 0) is 45.1 Å². The molecule has 0 radical (unpaired) electrons. The van der Waals surface area contributed by atoms with E-state index in [0.29, 0.717) is 13.2 Å². The van der Waals surface area contributed by atoms with Crippen molar-refractivity contribution in [2.24, 2.45) is 5.92 Å². The van der Waals surface area contributed by atoms with Crippen LogP contribution in [0.1, 0.15) is 48.0 Å². The van der Waals surface area contributed by atoms with Crippen LogP contribution in [0.5, 0.6) is 0 Å². The molecule has 2 aliphatic heterocycles. The van der Waals surface area contributed by atoms with Crippen molar-refractivity contribution < 1.29 is 19.0 Å². The molecule has 0 saturated carbocycles. The molecule has 0 bridgehead atoms. The SMILES string of the molecule is Cc1oc(C)c(C(O)C2CCOC3(CCOC3)C2)c1C. The average Bonchev–Trinajstić information content (AvgIpc) is 2.95. The van der Waals surface area contributed by atoms with E-state index in [-0.39, 0.29) is 11.5 Å². The predicted molar refractivity (Wildman–Crippen MR) is 74.7 cm³/mol. The zero-order chi connectivity index (χ0) is 14.3. The number of aryl methyl sites for hydroxylation is 2. The van der Waals surface area contributed by atoms with Crippen molar-refractivity contribution in [3.63, 3.8) is 0 Å². The summed E-state index contributed by atoms with van der Waals surface area (Å²) in [7, 11) is 0. The molecule has 3 heterocycles. The quantitative estimate of drug-likeness (QED) is 0.905. The standard InChI is InChI=1S/C16H24O4/c1-10-11(2)20-12(3)14(10)15(17)13-4-6-19-16(8-13)5-7-18-9-16/h13,15,17H,4-9H2,1-3H3. The van der Waals surface area contributed by atoms with Gasteiger partial charge in [0.25, 0.3) is 0 Å². The number of furan rings is 1. The Hall–Kier alpha value is -0.840. The van der Waals surface area contributed by atoms with Gasteiger partial charge in [0, 0.05) is 25.2 Å². The lowest BCUT2D eigenvalue weighted by Gasteiger charge is -2.39. The lowest BCUT2D eigenvalue weighted by molar-refractivity contribution is -0.117. The lowest BCUT2D eigenvalue weighted by Crippen LogP contribution is -2.42. The van der Waals surface area contributed by atoms with E-state index in [1.54, 1.807) is 0 Å². The van der Waals surface area contributed by atoms with E-state index >= 15 is 0 Å². The van der Waals surface area contributed by atoms with Gasteiger partial charge in [-0.2, -0.15) is 0 Å². The summed E-state index contributed by atoms with van der Waals surface area (Å²) in [5.74, 6) is 1.97. The number of hydrogen-bond donors (Lipinski definition) is 1. The third kappa shape index (κ3) is 2.30. The molecular weight excluding hydrogens is 256 g/mol. The van der Waals surface area contributed by atoms with Crippen LogP contribution in [-0.2, 0) is 9.47 Å². The van der Waals surface area contributed by atoms with Crippen molar-refractivity contribution in [1.29, 1.82) is 0 Å². The fourth-order valence-corrected chi connectivity index (χ4v) is 3.68. The Morgan fingerprint density at radius 1 is 1.20 bits per heavy atom. The highest BCUT2D eigenvalue weighted by atomic mass is 16.6. The molecule has 1 spiro atoms. The Morgan fingerprint density at radius 2 is 2.00 bits per heavy atom. The summed E-state index contributed by atoms with van der Waals surface area (Å²) in [6.45, 7) is 8.06. The molecule has 0 aliphatic carbocycles. The normalized spacial score (nSPS) is 31.9. The highest BCUT2D eigenvalue weighted by molar-refractivity contribution is 5.33. The Bertz CT molecular complexity index is 485. The highest BCUT2D eigenvalue weighted by Gasteiger charge is 2.43. The summed E-state index contributed by atoms with van der Waals surface area (Å²) in [4.78, 5) is 0. The Morgan fingerprint density at radius 3 is 2.60 bits per heavy atom. The first-order valence-electron chi connectivity index (χ1n) is 7.49. The molecule has 4 heteroatoms. The first-order valence-corrected chi connectivity index (χ1v) is 7.49. The van der Waals surface area contributed by atoms with E-state index in [2.05, 4.69) is 0 Å². The smallest absolute Gasteiger partial charge is 0.107 e. The fraction of sp³-hybridized carbons (Fsp3) is 0.750. The predicted octanol–water partition coefficient (Wildman–Crippen LogP) is 2.82. The van der Waals surface area contributed by atoms with Gasteiger partial charge >= 0.3 is 0 Å². The maximum atomic E-state index is 10.8. The Labute approximate surface area is 120 Å². The number of hydrogen-bond acceptors (Lipinski definition) is 4. The molecule has 0 amide bonds. The number of ether oxygens (including phenoxy) is 2. The topological polar surface area (TPSA) is 51.8 Å². The second-order valence-corrected chi connectivity index (χ2v) is 6.28. The summed E-state index contributed by atoms with van der Waals surface area (Å²) in [6.07, 6.45) is 2.25. The molecule has 1 aromatic rings. The summed E-state index contributed by atoms with van der Waals surface area (Å²) < 4.78 is 17.1. The fourth-order valence-electron chi connectivity index (χ4n) is 3.68. The van der Waals surface area contributed by atoms with Crippen LogP contribution < -0.4 is 0 Å². The van der Waals surface area contributed by atoms with Crippen molar-refractivity contribution in [3.8, 4) is 0 Å². The van der Waals surface area contributed by atoms with Crippen molar-refractivity contribution in [1.82, 2.24) is 0 Å². The average molecular weight is 280 g/mol. The monoisotopic (exact) mass is 280 g/mol. The minimum absolute atomic E-state index is 0.162.